The minimum absolute atomic E-state index is 0.295. The number of aromatic nitrogens is 1. The molecule has 3 rings (SSSR count). The molecule has 2 aromatic carbocycles. The fourth-order valence-electron chi connectivity index (χ4n) is 2.51. The summed E-state index contributed by atoms with van der Waals surface area (Å²) in [5.74, 6) is -0.862. The molecule has 0 fully saturated rings. The van der Waals surface area contributed by atoms with Crippen molar-refractivity contribution in [3.05, 3.63) is 58.3 Å². The summed E-state index contributed by atoms with van der Waals surface area (Å²) in [7, 11) is 1.60. The SMILES string of the molecule is Cn1c(=O)oc2ccc(-c3ccc(C[C@H](N)C#N)cc3F)cc21. The fraction of sp³-hybridized carbons (Fsp3) is 0.176. The Kier molecular flexibility index (Phi) is 3.72. The van der Waals surface area contributed by atoms with Crippen molar-refractivity contribution in [3.63, 3.8) is 0 Å². The van der Waals surface area contributed by atoms with E-state index in [0.29, 0.717) is 34.2 Å². The number of nitrogens with two attached hydrogens (primary N) is 1. The number of aryl methyl sites for hydroxylation is 1. The van der Waals surface area contributed by atoms with Crippen LogP contribution >= 0.6 is 0 Å². The van der Waals surface area contributed by atoms with Gasteiger partial charge in [0.1, 0.15) is 5.82 Å². The van der Waals surface area contributed by atoms with Crippen LogP contribution in [0.25, 0.3) is 22.2 Å². The van der Waals surface area contributed by atoms with Crippen molar-refractivity contribution < 1.29 is 8.81 Å². The smallest absolute Gasteiger partial charge is 0.408 e. The Labute approximate surface area is 131 Å². The van der Waals surface area contributed by atoms with E-state index >= 15 is 0 Å². The van der Waals surface area contributed by atoms with Gasteiger partial charge in [-0.3, -0.25) is 4.57 Å². The number of hydrogen-bond acceptors (Lipinski definition) is 4. The highest BCUT2D eigenvalue weighted by atomic mass is 19.1. The summed E-state index contributed by atoms with van der Waals surface area (Å²) in [4.78, 5) is 11.5. The van der Waals surface area contributed by atoms with E-state index in [4.69, 9.17) is 15.4 Å². The van der Waals surface area contributed by atoms with E-state index in [9.17, 15) is 9.18 Å². The quantitative estimate of drug-likeness (QED) is 0.804. The number of rotatable bonds is 3. The zero-order chi connectivity index (χ0) is 16.6. The molecule has 0 saturated carbocycles. The highest BCUT2D eigenvalue weighted by molar-refractivity contribution is 5.80. The van der Waals surface area contributed by atoms with Gasteiger partial charge in [-0.15, -0.1) is 0 Å². The molecule has 6 heteroatoms. The van der Waals surface area contributed by atoms with Gasteiger partial charge in [0, 0.05) is 19.0 Å². The van der Waals surface area contributed by atoms with Crippen LogP contribution in [0, 0.1) is 17.1 Å². The first-order valence-corrected chi connectivity index (χ1v) is 7.03. The summed E-state index contributed by atoms with van der Waals surface area (Å²) >= 11 is 0. The van der Waals surface area contributed by atoms with Gasteiger partial charge in [-0.25, -0.2) is 9.18 Å². The monoisotopic (exact) mass is 311 g/mol. The molecule has 1 atom stereocenters. The second kappa shape index (κ2) is 5.71. The number of halogens is 1. The van der Waals surface area contributed by atoms with Gasteiger partial charge in [0.05, 0.1) is 17.6 Å². The normalized spacial score (nSPS) is 12.3. The first-order valence-electron chi connectivity index (χ1n) is 7.03. The number of oxazole rings is 1. The van der Waals surface area contributed by atoms with Crippen molar-refractivity contribution in [1.29, 1.82) is 5.26 Å². The highest BCUT2D eigenvalue weighted by Gasteiger charge is 2.12. The second-order valence-electron chi connectivity index (χ2n) is 5.36. The predicted octanol–water partition coefficient (Wildman–Crippen LogP) is 2.33. The van der Waals surface area contributed by atoms with Crippen LogP contribution in [0.3, 0.4) is 0 Å². The van der Waals surface area contributed by atoms with E-state index in [1.807, 2.05) is 6.07 Å². The fourth-order valence-corrected chi connectivity index (χ4v) is 2.51. The van der Waals surface area contributed by atoms with Crippen LogP contribution in [0.2, 0.25) is 0 Å². The zero-order valence-electron chi connectivity index (χ0n) is 12.4. The number of benzene rings is 2. The van der Waals surface area contributed by atoms with E-state index in [1.54, 1.807) is 37.4 Å². The molecule has 0 saturated heterocycles. The van der Waals surface area contributed by atoms with E-state index in [-0.39, 0.29) is 0 Å². The van der Waals surface area contributed by atoms with Crippen LogP contribution in [0.4, 0.5) is 4.39 Å². The lowest BCUT2D eigenvalue weighted by atomic mass is 10.00. The molecular formula is C17H14FN3O2. The first kappa shape index (κ1) is 15.0. The Morgan fingerprint density at radius 1 is 1.35 bits per heavy atom. The van der Waals surface area contributed by atoms with Gasteiger partial charge in [0.15, 0.2) is 5.58 Å². The van der Waals surface area contributed by atoms with Crippen molar-refractivity contribution in [1.82, 2.24) is 4.57 Å². The van der Waals surface area contributed by atoms with Gasteiger partial charge in [-0.2, -0.15) is 5.26 Å². The summed E-state index contributed by atoms with van der Waals surface area (Å²) in [5, 5.41) is 8.72. The lowest BCUT2D eigenvalue weighted by Gasteiger charge is -2.08. The van der Waals surface area contributed by atoms with Gasteiger partial charge < -0.3 is 10.2 Å². The molecule has 0 radical (unpaired) electrons. The molecule has 0 aliphatic rings. The number of nitriles is 1. The largest absolute Gasteiger partial charge is 0.419 e. The van der Waals surface area contributed by atoms with Crippen molar-refractivity contribution in [2.24, 2.45) is 12.8 Å². The summed E-state index contributed by atoms with van der Waals surface area (Å²) < 4.78 is 20.8. The van der Waals surface area contributed by atoms with Gasteiger partial charge in [-0.05, 0) is 29.3 Å². The van der Waals surface area contributed by atoms with Crippen LogP contribution in [-0.2, 0) is 13.5 Å². The van der Waals surface area contributed by atoms with Crippen LogP contribution in [0.15, 0.2) is 45.6 Å². The molecule has 116 valence electrons. The van der Waals surface area contributed by atoms with E-state index < -0.39 is 17.6 Å². The molecule has 0 spiro atoms. The Hall–Kier alpha value is -2.91. The van der Waals surface area contributed by atoms with Gasteiger partial charge >= 0.3 is 5.76 Å². The Morgan fingerprint density at radius 2 is 2.13 bits per heavy atom. The molecule has 1 aromatic heterocycles. The van der Waals surface area contributed by atoms with E-state index in [2.05, 4.69) is 0 Å². The third-order valence-corrected chi connectivity index (χ3v) is 3.76. The maximum absolute atomic E-state index is 14.4. The molecule has 3 aromatic rings. The van der Waals surface area contributed by atoms with Crippen molar-refractivity contribution in [2.45, 2.75) is 12.5 Å². The molecule has 1 heterocycles. The minimum Gasteiger partial charge on any atom is -0.408 e. The number of nitrogens with zero attached hydrogens (tertiary/aromatic N) is 2. The summed E-state index contributed by atoms with van der Waals surface area (Å²) in [6.45, 7) is 0. The first-order chi connectivity index (χ1) is 11.0. The number of hydrogen-bond donors (Lipinski definition) is 1. The molecule has 0 bridgehead atoms. The third kappa shape index (κ3) is 2.74. The molecule has 0 unspecified atom stereocenters. The lowest BCUT2D eigenvalue weighted by molar-refractivity contribution is 0.528. The maximum atomic E-state index is 14.4. The molecule has 0 aliphatic carbocycles. The Balaban J connectivity index is 2.03. The topological polar surface area (TPSA) is 84.9 Å². The third-order valence-electron chi connectivity index (χ3n) is 3.76. The molecule has 23 heavy (non-hydrogen) atoms. The molecule has 0 amide bonds. The van der Waals surface area contributed by atoms with Gasteiger partial charge in [0.2, 0.25) is 0 Å². The highest BCUT2D eigenvalue weighted by Crippen LogP contribution is 2.27. The standard InChI is InChI=1S/C17H14FN3O2/c1-21-15-8-11(3-5-16(15)23-17(21)22)13-4-2-10(7-14(13)18)6-12(20)9-19/h2-5,7-8,12H,6,20H2,1H3/t12-/m0/s1. The van der Waals surface area contributed by atoms with Crippen LogP contribution in [-0.4, -0.2) is 10.6 Å². The predicted molar refractivity (Wildman–Crippen MR) is 84.1 cm³/mol. The van der Waals surface area contributed by atoms with Crippen molar-refractivity contribution in [2.75, 3.05) is 0 Å². The Morgan fingerprint density at radius 3 is 2.83 bits per heavy atom. The van der Waals surface area contributed by atoms with Crippen LogP contribution < -0.4 is 11.5 Å². The van der Waals surface area contributed by atoms with Crippen LogP contribution in [0.5, 0.6) is 0 Å². The molecule has 2 N–H and O–H groups in total. The van der Waals surface area contributed by atoms with Crippen molar-refractivity contribution in [3.8, 4) is 17.2 Å². The molecular weight excluding hydrogens is 297 g/mol. The lowest BCUT2D eigenvalue weighted by Crippen LogP contribution is -2.20. The van der Waals surface area contributed by atoms with Crippen LogP contribution in [0.1, 0.15) is 5.56 Å². The van der Waals surface area contributed by atoms with E-state index in [1.165, 1.54) is 10.6 Å². The average Bonchev–Trinajstić information content (AvgIpc) is 2.82. The zero-order valence-corrected chi connectivity index (χ0v) is 12.4. The summed E-state index contributed by atoms with van der Waals surface area (Å²) in [5.41, 5.74) is 8.33. The van der Waals surface area contributed by atoms with E-state index in [0.717, 1.165) is 0 Å². The average molecular weight is 311 g/mol. The summed E-state index contributed by atoms with van der Waals surface area (Å²) in [6.07, 6.45) is 0.295. The Bertz CT molecular complexity index is 982. The van der Waals surface area contributed by atoms with Crippen molar-refractivity contribution >= 4 is 11.1 Å². The minimum atomic E-state index is -0.656. The molecule has 5 nitrogen and oxygen atoms in total. The second-order valence-corrected chi connectivity index (χ2v) is 5.36. The summed E-state index contributed by atoms with van der Waals surface area (Å²) in [6, 6.07) is 11.1. The number of fused-ring (bicyclic) bond motifs is 1. The maximum Gasteiger partial charge on any atom is 0.419 e. The van der Waals surface area contributed by atoms with Gasteiger partial charge in [-0.1, -0.05) is 18.2 Å². The molecule has 0 aliphatic heterocycles. The van der Waals surface area contributed by atoms with Gasteiger partial charge in [0.25, 0.3) is 0 Å².